The zero-order chi connectivity index (χ0) is 14.1. The standard InChI is InChI=1S/C17H16FNO/c1-11-5-6-12(9-16(11)18)17(20)15-4-2-3-13-10-19-8-7-14(13)15/h2-6,9,19H,7-8,10H2,1H3. The Morgan fingerprint density at radius 3 is 2.90 bits per heavy atom. The zero-order valence-corrected chi connectivity index (χ0v) is 11.4. The van der Waals surface area contributed by atoms with Crippen LogP contribution in [0.5, 0.6) is 0 Å². The number of benzene rings is 2. The van der Waals surface area contributed by atoms with Crippen LogP contribution in [0.1, 0.15) is 32.6 Å². The highest BCUT2D eigenvalue weighted by Gasteiger charge is 2.18. The molecule has 0 aliphatic carbocycles. The highest BCUT2D eigenvalue weighted by atomic mass is 19.1. The first kappa shape index (κ1) is 13.0. The van der Waals surface area contributed by atoms with Gasteiger partial charge in [0.25, 0.3) is 0 Å². The van der Waals surface area contributed by atoms with E-state index in [4.69, 9.17) is 0 Å². The van der Waals surface area contributed by atoms with Crippen molar-refractivity contribution in [3.63, 3.8) is 0 Å². The Hall–Kier alpha value is -2.00. The molecule has 0 atom stereocenters. The van der Waals surface area contributed by atoms with E-state index in [-0.39, 0.29) is 11.6 Å². The molecule has 0 saturated heterocycles. The molecule has 2 aromatic carbocycles. The largest absolute Gasteiger partial charge is 0.312 e. The van der Waals surface area contributed by atoms with E-state index in [0.717, 1.165) is 30.6 Å². The molecule has 3 rings (SSSR count). The summed E-state index contributed by atoms with van der Waals surface area (Å²) < 4.78 is 13.6. The molecule has 0 amide bonds. The molecule has 0 bridgehead atoms. The molecule has 0 unspecified atom stereocenters. The molecule has 1 aliphatic rings. The monoisotopic (exact) mass is 269 g/mol. The number of ketones is 1. The lowest BCUT2D eigenvalue weighted by atomic mass is 9.91. The molecule has 0 spiro atoms. The number of carbonyl (C=O) groups excluding carboxylic acids is 1. The second kappa shape index (κ2) is 5.17. The van der Waals surface area contributed by atoms with Crippen molar-refractivity contribution in [2.24, 2.45) is 0 Å². The molecule has 2 nitrogen and oxygen atoms in total. The highest BCUT2D eigenvalue weighted by molar-refractivity contribution is 6.10. The Bertz CT molecular complexity index is 679. The van der Waals surface area contributed by atoms with Gasteiger partial charge < -0.3 is 5.32 Å². The summed E-state index contributed by atoms with van der Waals surface area (Å²) >= 11 is 0. The van der Waals surface area contributed by atoms with Crippen molar-refractivity contribution in [3.05, 3.63) is 70.0 Å². The smallest absolute Gasteiger partial charge is 0.193 e. The molecule has 1 heterocycles. The minimum atomic E-state index is -0.331. The topological polar surface area (TPSA) is 29.1 Å². The minimum absolute atomic E-state index is 0.0948. The third-order valence-electron chi connectivity index (χ3n) is 3.82. The number of fused-ring (bicyclic) bond motifs is 1. The summed E-state index contributed by atoms with van der Waals surface area (Å²) in [6, 6.07) is 10.4. The van der Waals surface area contributed by atoms with E-state index in [1.165, 1.54) is 6.07 Å². The van der Waals surface area contributed by atoms with Gasteiger partial charge in [0.05, 0.1) is 0 Å². The van der Waals surface area contributed by atoms with Crippen molar-refractivity contribution < 1.29 is 9.18 Å². The van der Waals surface area contributed by atoms with Gasteiger partial charge in [-0.1, -0.05) is 30.3 Å². The maximum Gasteiger partial charge on any atom is 0.193 e. The summed E-state index contributed by atoms with van der Waals surface area (Å²) in [4.78, 5) is 12.6. The molecule has 2 aromatic rings. The van der Waals surface area contributed by atoms with Crippen LogP contribution < -0.4 is 5.32 Å². The number of nitrogens with one attached hydrogen (secondary N) is 1. The summed E-state index contributed by atoms with van der Waals surface area (Å²) in [6.45, 7) is 3.36. The van der Waals surface area contributed by atoms with E-state index in [1.54, 1.807) is 19.1 Å². The first-order valence-corrected chi connectivity index (χ1v) is 6.79. The van der Waals surface area contributed by atoms with Crippen molar-refractivity contribution >= 4 is 5.78 Å². The van der Waals surface area contributed by atoms with Crippen molar-refractivity contribution in [3.8, 4) is 0 Å². The number of carbonyl (C=O) groups is 1. The highest BCUT2D eigenvalue weighted by Crippen LogP contribution is 2.22. The number of rotatable bonds is 2. The second-order valence-corrected chi connectivity index (χ2v) is 5.16. The van der Waals surface area contributed by atoms with Gasteiger partial charge >= 0.3 is 0 Å². The molecular weight excluding hydrogens is 253 g/mol. The summed E-state index contributed by atoms with van der Waals surface area (Å²) in [5, 5.41) is 3.29. The molecular formula is C17H16FNO. The lowest BCUT2D eigenvalue weighted by Crippen LogP contribution is -2.25. The normalized spacial score (nSPS) is 13.9. The first-order valence-electron chi connectivity index (χ1n) is 6.79. The molecule has 1 aliphatic heterocycles. The van der Waals surface area contributed by atoms with E-state index in [2.05, 4.69) is 5.32 Å². The predicted octanol–water partition coefficient (Wildman–Crippen LogP) is 3.01. The number of hydrogen-bond donors (Lipinski definition) is 1. The second-order valence-electron chi connectivity index (χ2n) is 5.16. The van der Waals surface area contributed by atoms with E-state index >= 15 is 0 Å². The maximum atomic E-state index is 13.6. The molecule has 1 N–H and O–H groups in total. The summed E-state index contributed by atoms with van der Waals surface area (Å²) in [5.41, 5.74) is 3.93. The Labute approximate surface area is 117 Å². The van der Waals surface area contributed by atoms with Crippen molar-refractivity contribution in [1.29, 1.82) is 0 Å². The van der Waals surface area contributed by atoms with E-state index in [1.807, 2.05) is 18.2 Å². The lowest BCUT2D eigenvalue weighted by molar-refractivity contribution is 0.103. The molecule has 20 heavy (non-hydrogen) atoms. The molecule has 3 heteroatoms. The van der Waals surface area contributed by atoms with Crippen LogP contribution in [0.3, 0.4) is 0 Å². The van der Waals surface area contributed by atoms with Crippen molar-refractivity contribution in [2.45, 2.75) is 19.9 Å². The van der Waals surface area contributed by atoms with E-state index in [9.17, 15) is 9.18 Å². The summed E-state index contributed by atoms with van der Waals surface area (Å²) in [7, 11) is 0. The van der Waals surface area contributed by atoms with Crippen LogP contribution in [-0.4, -0.2) is 12.3 Å². The Morgan fingerprint density at radius 2 is 2.10 bits per heavy atom. The van der Waals surface area contributed by atoms with E-state index < -0.39 is 0 Å². The van der Waals surface area contributed by atoms with Gasteiger partial charge in [-0.2, -0.15) is 0 Å². The van der Waals surface area contributed by atoms with Gasteiger partial charge in [-0.3, -0.25) is 4.79 Å². The number of halogens is 1. The Kier molecular flexibility index (Phi) is 3.36. The fourth-order valence-corrected chi connectivity index (χ4v) is 2.63. The molecule has 0 saturated carbocycles. The van der Waals surface area contributed by atoms with Crippen LogP contribution in [-0.2, 0) is 13.0 Å². The predicted molar refractivity (Wildman–Crippen MR) is 76.4 cm³/mol. The van der Waals surface area contributed by atoms with Crippen LogP contribution in [0.15, 0.2) is 36.4 Å². The van der Waals surface area contributed by atoms with Crippen LogP contribution in [0, 0.1) is 12.7 Å². The number of hydrogen-bond acceptors (Lipinski definition) is 2. The first-order chi connectivity index (χ1) is 9.66. The van der Waals surface area contributed by atoms with Gasteiger partial charge in [-0.25, -0.2) is 4.39 Å². The van der Waals surface area contributed by atoms with Crippen LogP contribution in [0.2, 0.25) is 0 Å². The minimum Gasteiger partial charge on any atom is -0.312 e. The Balaban J connectivity index is 2.04. The molecule has 0 fully saturated rings. The van der Waals surface area contributed by atoms with Gasteiger partial charge in [0.1, 0.15) is 5.82 Å². The van der Waals surface area contributed by atoms with Gasteiger partial charge in [0, 0.05) is 17.7 Å². The summed E-state index contributed by atoms with van der Waals surface area (Å²) in [6.07, 6.45) is 0.839. The fourth-order valence-electron chi connectivity index (χ4n) is 2.63. The quantitative estimate of drug-likeness (QED) is 0.849. The Morgan fingerprint density at radius 1 is 1.25 bits per heavy atom. The fraction of sp³-hybridized carbons (Fsp3) is 0.235. The average molecular weight is 269 g/mol. The van der Waals surface area contributed by atoms with Gasteiger partial charge in [-0.15, -0.1) is 0 Å². The lowest BCUT2D eigenvalue weighted by Gasteiger charge is -2.19. The molecule has 0 aromatic heterocycles. The zero-order valence-electron chi connectivity index (χ0n) is 11.4. The van der Waals surface area contributed by atoms with Gasteiger partial charge in [-0.05, 0) is 42.6 Å². The van der Waals surface area contributed by atoms with Crippen LogP contribution in [0.25, 0.3) is 0 Å². The SMILES string of the molecule is Cc1ccc(C(=O)c2cccc3c2CCNC3)cc1F. The molecule has 0 radical (unpaired) electrons. The third-order valence-corrected chi connectivity index (χ3v) is 3.82. The van der Waals surface area contributed by atoms with Crippen LogP contribution in [0.4, 0.5) is 4.39 Å². The van der Waals surface area contributed by atoms with Gasteiger partial charge in [0.2, 0.25) is 0 Å². The third kappa shape index (κ3) is 2.25. The van der Waals surface area contributed by atoms with Crippen molar-refractivity contribution in [2.75, 3.05) is 6.54 Å². The van der Waals surface area contributed by atoms with E-state index in [0.29, 0.717) is 16.7 Å². The average Bonchev–Trinajstić information content (AvgIpc) is 2.49. The summed E-state index contributed by atoms with van der Waals surface area (Å²) in [5.74, 6) is -0.426. The van der Waals surface area contributed by atoms with Crippen molar-refractivity contribution in [1.82, 2.24) is 5.32 Å². The number of aryl methyl sites for hydroxylation is 1. The van der Waals surface area contributed by atoms with Crippen LogP contribution >= 0.6 is 0 Å². The maximum absolute atomic E-state index is 13.6. The van der Waals surface area contributed by atoms with Gasteiger partial charge in [0.15, 0.2) is 5.78 Å². The molecule has 102 valence electrons.